The number of fused-ring (bicyclic) bond motifs is 2. The van der Waals surface area contributed by atoms with Crippen LogP contribution >= 0.6 is 0 Å². The van der Waals surface area contributed by atoms with E-state index in [9.17, 15) is 0 Å². The number of nitrogens with two attached hydrogens (primary N) is 1. The van der Waals surface area contributed by atoms with Gasteiger partial charge >= 0.3 is 0 Å². The molecule has 0 saturated carbocycles. The van der Waals surface area contributed by atoms with Gasteiger partial charge in [0.05, 0.1) is 11.2 Å². The number of aromatic nitrogens is 1. The van der Waals surface area contributed by atoms with Crippen LogP contribution in [0.25, 0.3) is 10.9 Å². The number of benzene rings is 1. The van der Waals surface area contributed by atoms with Crippen molar-refractivity contribution in [2.75, 3.05) is 5.73 Å². The van der Waals surface area contributed by atoms with Gasteiger partial charge < -0.3 is 5.73 Å². The number of hydrogen-bond acceptors (Lipinski definition) is 2. The minimum Gasteiger partial charge on any atom is -0.397 e. The number of nitrogens with zero attached hydrogens (tertiary/aromatic N) is 1. The van der Waals surface area contributed by atoms with Crippen LogP contribution in [0, 0.1) is 0 Å². The number of nitrogen functional groups attached to an aromatic ring is 1. The van der Waals surface area contributed by atoms with Gasteiger partial charge in [-0.3, -0.25) is 4.98 Å². The molecule has 0 saturated heterocycles. The van der Waals surface area contributed by atoms with Crippen molar-refractivity contribution in [1.29, 1.82) is 0 Å². The number of hydrogen-bond donors (Lipinski definition) is 1. The smallest absolute Gasteiger partial charge is 0.0934 e. The number of aryl methyl sites for hydroxylation is 1. The van der Waals surface area contributed by atoms with Gasteiger partial charge in [-0.1, -0.05) is 19.1 Å². The molecule has 0 spiro atoms. The Bertz CT molecular complexity index is 546. The number of rotatable bonds is 0. The van der Waals surface area contributed by atoms with E-state index in [1.807, 2.05) is 12.1 Å². The van der Waals surface area contributed by atoms with Crippen molar-refractivity contribution in [1.82, 2.24) is 4.98 Å². The number of anilines is 1. The van der Waals surface area contributed by atoms with E-state index in [4.69, 9.17) is 10.7 Å². The van der Waals surface area contributed by atoms with Gasteiger partial charge in [0.2, 0.25) is 0 Å². The Labute approximate surface area is 95.5 Å². The molecule has 3 rings (SSSR count). The zero-order chi connectivity index (χ0) is 11.1. The van der Waals surface area contributed by atoms with Crippen molar-refractivity contribution in [3.05, 3.63) is 35.5 Å². The van der Waals surface area contributed by atoms with Gasteiger partial charge in [0, 0.05) is 11.1 Å². The largest absolute Gasteiger partial charge is 0.397 e. The van der Waals surface area contributed by atoms with Crippen LogP contribution in [0.1, 0.15) is 36.9 Å². The SMILES string of the molecule is CC1CCCc2cc3cccc(N)c3nc21. The van der Waals surface area contributed by atoms with Crippen LogP contribution in [0.5, 0.6) is 0 Å². The second-order valence-corrected chi connectivity index (χ2v) is 4.74. The Morgan fingerprint density at radius 3 is 3.12 bits per heavy atom. The molecular formula is C14H16N2. The first-order valence-electron chi connectivity index (χ1n) is 5.94. The second-order valence-electron chi connectivity index (χ2n) is 4.74. The summed E-state index contributed by atoms with van der Waals surface area (Å²) in [5.41, 5.74) is 10.4. The van der Waals surface area contributed by atoms with Gasteiger partial charge in [-0.2, -0.15) is 0 Å². The Hall–Kier alpha value is -1.57. The average molecular weight is 212 g/mol. The van der Waals surface area contributed by atoms with Crippen molar-refractivity contribution in [3.63, 3.8) is 0 Å². The third kappa shape index (κ3) is 1.37. The monoisotopic (exact) mass is 212 g/mol. The molecule has 0 fully saturated rings. The standard InChI is InChI=1S/C14H16N2/c1-9-4-2-5-10-8-11-6-3-7-12(15)14(11)16-13(9)10/h3,6-9H,2,4-5,15H2,1H3. The predicted molar refractivity (Wildman–Crippen MR) is 67.5 cm³/mol. The fourth-order valence-electron chi connectivity index (χ4n) is 2.64. The van der Waals surface area contributed by atoms with Crippen LogP contribution in [-0.2, 0) is 6.42 Å². The molecule has 1 aliphatic rings. The van der Waals surface area contributed by atoms with E-state index >= 15 is 0 Å². The molecular weight excluding hydrogens is 196 g/mol. The van der Waals surface area contributed by atoms with Crippen LogP contribution < -0.4 is 5.73 Å². The average Bonchev–Trinajstić information content (AvgIpc) is 2.28. The fraction of sp³-hybridized carbons (Fsp3) is 0.357. The highest BCUT2D eigenvalue weighted by atomic mass is 14.8. The first-order chi connectivity index (χ1) is 7.75. The molecule has 0 amide bonds. The molecule has 0 bridgehead atoms. The summed E-state index contributed by atoms with van der Waals surface area (Å²) in [4.78, 5) is 4.77. The summed E-state index contributed by atoms with van der Waals surface area (Å²) in [5, 5.41) is 1.17. The maximum atomic E-state index is 5.97. The second kappa shape index (κ2) is 3.48. The van der Waals surface area contributed by atoms with Crippen molar-refractivity contribution in [2.24, 2.45) is 0 Å². The highest BCUT2D eigenvalue weighted by Gasteiger charge is 2.18. The van der Waals surface area contributed by atoms with Crippen molar-refractivity contribution in [3.8, 4) is 0 Å². The maximum absolute atomic E-state index is 5.97. The van der Waals surface area contributed by atoms with Crippen LogP contribution in [-0.4, -0.2) is 4.98 Å². The van der Waals surface area contributed by atoms with Crippen molar-refractivity contribution < 1.29 is 0 Å². The van der Waals surface area contributed by atoms with Gasteiger partial charge in [0.25, 0.3) is 0 Å². The van der Waals surface area contributed by atoms with Crippen LogP contribution in [0.2, 0.25) is 0 Å². The summed E-state index contributed by atoms with van der Waals surface area (Å²) in [6.45, 7) is 2.26. The Balaban J connectivity index is 2.31. The molecule has 1 aromatic carbocycles. The lowest BCUT2D eigenvalue weighted by Gasteiger charge is -2.21. The van der Waals surface area contributed by atoms with E-state index < -0.39 is 0 Å². The summed E-state index contributed by atoms with van der Waals surface area (Å²) < 4.78 is 0. The number of pyridine rings is 1. The molecule has 0 radical (unpaired) electrons. The highest BCUT2D eigenvalue weighted by molar-refractivity contribution is 5.89. The lowest BCUT2D eigenvalue weighted by atomic mass is 9.87. The van der Waals surface area contributed by atoms with Crippen molar-refractivity contribution >= 4 is 16.6 Å². The molecule has 2 heteroatoms. The highest BCUT2D eigenvalue weighted by Crippen LogP contribution is 2.32. The molecule has 1 heterocycles. The lowest BCUT2D eigenvalue weighted by Crippen LogP contribution is -2.09. The molecule has 2 N–H and O–H groups in total. The minimum atomic E-state index is 0.577. The molecule has 1 atom stereocenters. The number of para-hydroxylation sites is 1. The summed E-state index contributed by atoms with van der Waals surface area (Å²) in [6.07, 6.45) is 3.69. The summed E-state index contributed by atoms with van der Waals surface area (Å²) in [7, 11) is 0. The van der Waals surface area contributed by atoms with Gasteiger partial charge in [0.15, 0.2) is 0 Å². The van der Waals surface area contributed by atoms with Gasteiger partial charge in [-0.15, -0.1) is 0 Å². The molecule has 16 heavy (non-hydrogen) atoms. The lowest BCUT2D eigenvalue weighted by molar-refractivity contribution is 0.576. The molecule has 1 aromatic heterocycles. The van der Waals surface area contributed by atoms with Crippen LogP contribution in [0.4, 0.5) is 5.69 Å². The zero-order valence-corrected chi connectivity index (χ0v) is 9.53. The molecule has 82 valence electrons. The topological polar surface area (TPSA) is 38.9 Å². The van der Waals surface area contributed by atoms with E-state index in [2.05, 4.69) is 19.1 Å². The first-order valence-corrected chi connectivity index (χ1v) is 5.94. The Morgan fingerprint density at radius 1 is 1.38 bits per heavy atom. The molecule has 0 aliphatic heterocycles. The van der Waals surface area contributed by atoms with Crippen LogP contribution in [0.15, 0.2) is 24.3 Å². The zero-order valence-electron chi connectivity index (χ0n) is 9.53. The summed E-state index contributed by atoms with van der Waals surface area (Å²) in [5.74, 6) is 0.577. The van der Waals surface area contributed by atoms with E-state index in [0.717, 1.165) is 17.6 Å². The summed E-state index contributed by atoms with van der Waals surface area (Å²) in [6, 6.07) is 8.29. The molecule has 2 nitrogen and oxygen atoms in total. The molecule has 1 aliphatic carbocycles. The maximum Gasteiger partial charge on any atom is 0.0934 e. The third-order valence-electron chi connectivity index (χ3n) is 3.54. The Morgan fingerprint density at radius 2 is 2.25 bits per heavy atom. The first kappa shape index (κ1) is 9.64. The third-order valence-corrected chi connectivity index (χ3v) is 3.54. The molecule has 1 unspecified atom stereocenters. The van der Waals surface area contributed by atoms with Gasteiger partial charge in [-0.25, -0.2) is 0 Å². The quantitative estimate of drug-likeness (QED) is 0.681. The minimum absolute atomic E-state index is 0.577. The normalized spacial score (nSPS) is 19.7. The summed E-state index contributed by atoms with van der Waals surface area (Å²) >= 11 is 0. The van der Waals surface area contributed by atoms with E-state index in [1.54, 1.807) is 0 Å². The van der Waals surface area contributed by atoms with Gasteiger partial charge in [0.1, 0.15) is 0 Å². The fourth-order valence-corrected chi connectivity index (χ4v) is 2.64. The molecule has 2 aromatic rings. The van der Waals surface area contributed by atoms with Crippen LogP contribution in [0.3, 0.4) is 0 Å². The van der Waals surface area contributed by atoms with Gasteiger partial charge in [-0.05, 0) is 42.9 Å². The van der Waals surface area contributed by atoms with E-state index in [1.165, 1.54) is 29.5 Å². The van der Waals surface area contributed by atoms with Crippen molar-refractivity contribution in [2.45, 2.75) is 32.1 Å². The van der Waals surface area contributed by atoms with E-state index in [0.29, 0.717) is 5.92 Å². The van der Waals surface area contributed by atoms with E-state index in [-0.39, 0.29) is 0 Å². The Kier molecular flexibility index (Phi) is 2.10. The predicted octanol–water partition coefficient (Wildman–Crippen LogP) is 3.26.